The number of rotatable bonds is 2. The van der Waals surface area contributed by atoms with E-state index in [0.29, 0.717) is 5.41 Å². The summed E-state index contributed by atoms with van der Waals surface area (Å²) in [5.41, 5.74) is 2.28. The van der Waals surface area contributed by atoms with Crippen molar-refractivity contribution in [3.8, 4) is 0 Å². The molecule has 1 aromatic carbocycles. The number of hydrogen-bond donors (Lipinski definition) is 0. The van der Waals surface area contributed by atoms with Crippen molar-refractivity contribution in [1.29, 1.82) is 0 Å². The van der Waals surface area contributed by atoms with Crippen molar-refractivity contribution in [2.45, 2.75) is 26.7 Å². The highest BCUT2D eigenvalue weighted by molar-refractivity contribution is 9.10. The van der Waals surface area contributed by atoms with Crippen LogP contribution in [0, 0.1) is 5.41 Å². The molecule has 0 amide bonds. The lowest BCUT2D eigenvalue weighted by molar-refractivity contribution is 0.112. The summed E-state index contributed by atoms with van der Waals surface area (Å²) >= 11 is 3.40. The van der Waals surface area contributed by atoms with E-state index >= 15 is 0 Å². The zero-order chi connectivity index (χ0) is 12.5. The van der Waals surface area contributed by atoms with Gasteiger partial charge in [0.05, 0.1) is 0 Å². The number of nitrogens with zero attached hydrogens (tertiary/aromatic N) is 1. The van der Waals surface area contributed by atoms with Gasteiger partial charge < -0.3 is 4.90 Å². The minimum absolute atomic E-state index is 0.438. The van der Waals surface area contributed by atoms with Crippen LogP contribution < -0.4 is 4.90 Å². The average Bonchev–Trinajstić information content (AvgIpc) is 2.29. The molecule has 1 aliphatic heterocycles. The first-order valence-corrected chi connectivity index (χ1v) is 6.81. The van der Waals surface area contributed by atoms with E-state index in [1.165, 1.54) is 12.8 Å². The van der Waals surface area contributed by atoms with E-state index in [1.807, 2.05) is 18.2 Å². The first-order valence-electron chi connectivity index (χ1n) is 6.01. The van der Waals surface area contributed by atoms with Gasteiger partial charge in [0.15, 0.2) is 6.29 Å². The molecule has 3 heteroatoms. The van der Waals surface area contributed by atoms with Gasteiger partial charge in [-0.3, -0.25) is 4.79 Å². The van der Waals surface area contributed by atoms with Gasteiger partial charge >= 0.3 is 0 Å². The third-order valence-corrected chi connectivity index (χ3v) is 4.07. The Labute approximate surface area is 111 Å². The van der Waals surface area contributed by atoms with Crippen LogP contribution in [-0.4, -0.2) is 19.4 Å². The largest absolute Gasteiger partial charge is 0.371 e. The summed E-state index contributed by atoms with van der Waals surface area (Å²) in [7, 11) is 0. The Morgan fingerprint density at radius 3 is 2.53 bits per heavy atom. The Balaban J connectivity index is 2.21. The van der Waals surface area contributed by atoms with Crippen LogP contribution in [0.5, 0.6) is 0 Å². The van der Waals surface area contributed by atoms with Gasteiger partial charge in [-0.2, -0.15) is 0 Å². The van der Waals surface area contributed by atoms with Gasteiger partial charge in [-0.05, 0) is 36.5 Å². The second kappa shape index (κ2) is 4.81. The maximum atomic E-state index is 11.1. The number of hydrogen-bond acceptors (Lipinski definition) is 2. The van der Waals surface area contributed by atoms with Crippen molar-refractivity contribution < 1.29 is 4.79 Å². The molecule has 1 fully saturated rings. The van der Waals surface area contributed by atoms with Crippen molar-refractivity contribution in [3.05, 3.63) is 28.2 Å². The van der Waals surface area contributed by atoms with E-state index in [1.54, 1.807) is 0 Å². The number of halogens is 1. The summed E-state index contributed by atoms with van der Waals surface area (Å²) < 4.78 is 0.959. The first-order chi connectivity index (χ1) is 8.02. The van der Waals surface area contributed by atoms with E-state index in [-0.39, 0.29) is 0 Å². The SMILES string of the molecule is CC1(C)CCN(c2ccc(Br)cc2C=O)CC1. The molecule has 92 valence electrons. The summed E-state index contributed by atoms with van der Waals surface area (Å²) in [5, 5.41) is 0. The van der Waals surface area contributed by atoms with Crippen LogP contribution in [0.3, 0.4) is 0 Å². The number of anilines is 1. The molecule has 1 saturated heterocycles. The highest BCUT2D eigenvalue weighted by Crippen LogP contribution is 2.33. The predicted molar refractivity (Wildman–Crippen MR) is 74.8 cm³/mol. The molecule has 1 aliphatic rings. The zero-order valence-electron chi connectivity index (χ0n) is 10.4. The summed E-state index contributed by atoms with van der Waals surface area (Å²) in [5.74, 6) is 0. The molecule has 0 bridgehead atoms. The average molecular weight is 296 g/mol. The molecule has 2 nitrogen and oxygen atoms in total. The first kappa shape index (κ1) is 12.6. The monoisotopic (exact) mass is 295 g/mol. The Kier molecular flexibility index (Phi) is 3.57. The quantitative estimate of drug-likeness (QED) is 0.772. The lowest BCUT2D eigenvalue weighted by atomic mass is 9.82. The highest BCUT2D eigenvalue weighted by atomic mass is 79.9. The number of benzene rings is 1. The van der Waals surface area contributed by atoms with Crippen molar-refractivity contribution in [2.75, 3.05) is 18.0 Å². The molecule has 17 heavy (non-hydrogen) atoms. The van der Waals surface area contributed by atoms with Gasteiger partial charge in [0.2, 0.25) is 0 Å². The van der Waals surface area contributed by atoms with E-state index in [2.05, 4.69) is 34.7 Å². The summed E-state index contributed by atoms with van der Waals surface area (Å²) in [4.78, 5) is 13.4. The molecule has 1 aromatic rings. The summed E-state index contributed by atoms with van der Waals surface area (Å²) in [6.45, 7) is 6.70. The molecule has 0 N–H and O–H groups in total. The normalized spacial score (nSPS) is 19.1. The lowest BCUT2D eigenvalue weighted by Gasteiger charge is -2.38. The van der Waals surface area contributed by atoms with Crippen molar-refractivity contribution in [1.82, 2.24) is 0 Å². The Morgan fingerprint density at radius 2 is 1.94 bits per heavy atom. The number of piperidine rings is 1. The van der Waals surface area contributed by atoms with E-state index < -0.39 is 0 Å². The minimum atomic E-state index is 0.438. The van der Waals surface area contributed by atoms with Crippen LogP contribution >= 0.6 is 15.9 Å². The fourth-order valence-corrected chi connectivity index (χ4v) is 2.64. The fraction of sp³-hybridized carbons (Fsp3) is 0.500. The van der Waals surface area contributed by atoms with Crippen LogP contribution in [0.15, 0.2) is 22.7 Å². The van der Waals surface area contributed by atoms with Gasteiger partial charge in [-0.25, -0.2) is 0 Å². The second-order valence-electron chi connectivity index (χ2n) is 5.47. The van der Waals surface area contributed by atoms with Crippen molar-refractivity contribution in [2.24, 2.45) is 5.41 Å². The molecule has 0 atom stereocenters. The summed E-state index contributed by atoms with van der Waals surface area (Å²) in [6.07, 6.45) is 3.31. The fourth-order valence-electron chi connectivity index (χ4n) is 2.26. The van der Waals surface area contributed by atoms with Crippen LogP contribution in [0.25, 0.3) is 0 Å². The van der Waals surface area contributed by atoms with Gasteiger partial charge in [0.1, 0.15) is 0 Å². The number of carbonyl (C=O) groups is 1. The highest BCUT2D eigenvalue weighted by Gasteiger charge is 2.26. The van der Waals surface area contributed by atoms with Gasteiger partial charge in [0.25, 0.3) is 0 Å². The van der Waals surface area contributed by atoms with E-state index in [9.17, 15) is 4.79 Å². The zero-order valence-corrected chi connectivity index (χ0v) is 12.0. The molecule has 0 aliphatic carbocycles. The van der Waals surface area contributed by atoms with Gasteiger partial charge in [-0.15, -0.1) is 0 Å². The molecule has 0 spiro atoms. The standard InChI is InChI=1S/C14H18BrNO/c1-14(2)5-7-16(8-6-14)13-4-3-12(15)9-11(13)10-17/h3-4,9-10H,5-8H2,1-2H3. The molecular formula is C14H18BrNO. The minimum Gasteiger partial charge on any atom is -0.371 e. The van der Waals surface area contributed by atoms with Crippen LogP contribution in [-0.2, 0) is 0 Å². The Hall–Kier alpha value is -0.830. The maximum Gasteiger partial charge on any atom is 0.152 e. The smallest absolute Gasteiger partial charge is 0.152 e. The second-order valence-corrected chi connectivity index (χ2v) is 6.39. The summed E-state index contributed by atoms with van der Waals surface area (Å²) in [6, 6.07) is 5.93. The molecule has 0 aromatic heterocycles. The van der Waals surface area contributed by atoms with Crippen LogP contribution in [0.2, 0.25) is 0 Å². The number of aldehydes is 1. The topological polar surface area (TPSA) is 20.3 Å². The molecule has 0 radical (unpaired) electrons. The van der Waals surface area contributed by atoms with Gasteiger partial charge in [0, 0.05) is 28.8 Å². The maximum absolute atomic E-state index is 11.1. The third-order valence-electron chi connectivity index (χ3n) is 3.57. The molecule has 0 saturated carbocycles. The molecule has 1 heterocycles. The predicted octanol–water partition coefficient (Wildman–Crippen LogP) is 3.89. The van der Waals surface area contributed by atoms with Crippen molar-refractivity contribution in [3.63, 3.8) is 0 Å². The Morgan fingerprint density at radius 1 is 1.29 bits per heavy atom. The van der Waals surface area contributed by atoms with E-state index in [4.69, 9.17) is 0 Å². The van der Waals surface area contributed by atoms with E-state index in [0.717, 1.165) is 35.1 Å². The number of carbonyl (C=O) groups excluding carboxylic acids is 1. The molecule has 0 unspecified atom stereocenters. The molecule has 2 rings (SSSR count). The van der Waals surface area contributed by atoms with Gasteiger partial charge in [-0.1, -0.05) is 29.8 Å². The lowest BCUT2D eigenvalue weighted by Crippen LogP contribution is -2.37. The van der Waals surface area contributed by atoms with Crippen LogP contribution in [0.1, 0.15) is 37.0 Å². The third kappa shape index (κ3) is 2.89. The molecular weight excluding hydrogens is 278 g/mol. The van der Waals surface area contributed by atoms with Crippen molar-refractivity contribution >= 4 is 27.9 Å². The van der Waals surface area contributed by atoms with Crippen LogP contribution in [0.4, 0.5) is 5.69 Å². The Bertz CT molecular complexity index is 418.